The van der Waals surface area contributed by atoms with Crippen LogP contribution >= 0.6 is 21.6 Å². The van der Waals surface area contributed by atoms with E-state index in [0.717, 1.165) is 43.6 Å². The van der Waals surface area contributed by atoms with Gasteiger partial charge in [-0.2, -0.15) is 39.5 Å². The molecule has 3 aliphatic carbocycles. The van der Waals surface area contributed by atoms with Crippen LogP contribution in [0, 0.1) is 17.3 Å². The quantitative estimate of drug-likeness (QED) is 0.0901. The fraction of sp³-hybridized carbons (Fsp3) is 0.824. The molecule has 0 N–H and O–H groups in total. The van der Waals surface area contributed by atoms with Crippen molar-refractivity contribution in [3.63, 3.8) is 0 Å². The first-order valence-electron chi connectivity index (χ1n) is 17.0. The van der Waals surface area contributed by atoms with Crippen molar-refractivity contribution >= 4 is 21.6 Å². The van der Waals surface area contributed by atoms with Crippen LogP contribution in [0.25, 0.3) is 0 Å². The van der Waals surface area contributed by atoms with Crippen molar-refractivity contribution < 1.29 is 53.7 Å². The maximum absolute atomic E-state index is 13.1. The van der Waals surface area contributed by atoms with E-state index < -0.39 is 37.2 Å². The highest BCUT2D eigenvalue weighted by Gasteiger charge is 2.85. The maximum atomic E-state index is 13.1. The molecule has 1 aromatic rings. The molecule has 0 amide bonds. The summed E-state index contributed by atoms with van der Waals surface area (Å²) in [6.07, 6.45) is -9.34. The van der Waals surface area contributed by atoms with Gasteiger partial charge in [0.05, 0.1) is 19.3 Å². The number of unbranched alkanes of at least 4 members (excludes halogenated alkanes) is 4. The van der Waals surface area contributed by atoms with Gasteiger partial charge in [-0.3, -0.25) is 0 Å². The largest absolute Gasteiger partial charge is 0.493 e. The maximum Gasteiger partial charge on any atom is 0.435 e. The summed E-state index contributed by atoms with van der Waals surface area (Å²) in [5.74, 6) is 4.11. The zero-order valence-corrected chi connectivity index (χ0v) is 29.1. The minimum Gasteiger partial charge on any atom is -0.493 e. The third kappa shape index (κ3) is 8.72. The molecule has 0 saturated heterocycles. The third-order valence-electron chi connectivity index (χ3n) is 10.6. The summed E-state index contributed by atoms with van der Waals surface area (Å²) in [6, 6.07) is 6.40. The lowest BCUT2D eigenvalue weighted by Gasteiger charge is -2.50. The topological polar surface area (TPSA) is 27.7 Å². The van der Waals surface area contributed by atoms with Crippen molar-refractivity contribution in [2.45, 2.75) is 127 Å². The average molecular weight is 739 g/mol. The molecule has 14 heteroatoms. The number of aryl methyl sites for hydroxylation is 1. The molecule has 0 bridgehead atoms. The summed E-state index contributed by atoms with van der Waals surface area (Å²) >= 11 is 0. The zero-order valence-electron chi connectivity index (χ0n) is 27.5. The number of hydrogen-bond acceptors (Lipinski definition) is 5. The number of halogens is 9. The molecule has 5 unspecified atom stereocenters. The predicted octanol–water partition coefficient (Wildman–Crippen LogP) is 11.5. The van der Waals surface area contributed by atoms with Gasteiger partial charge in [0.15, 0.2) is 0 Å². The molecule has 4 rings (SSSR count). The van der Waals surface area contributed by atoms with Crippen LogP contribution in [0.5, 0.6) is 5.75 Å². The lowest BCUT2D eigenvalue weighted by atomic mass is 9.55. The third-order valence-corrected chi connectivity index (χ3v) is 13.0. The Morgan fingerprint density at radius 3 is 2.15 bits per heavy atom. The van der Waals surface area contributed by atoms with Crippen molar-refractivity contribution in [2.75, 3.05) is 31.3 Å². The van der Waals surface area contributed by atoms with E-state index in [9.17, 15) is 39.5 Å². The van der Waals surface area contributed by atoms with E-state index in [0.29, 0.717) is 30.8 Å². The molecule has 3 nitrogen and oxygen atoms in total. The molecule has 3 aliphatic rings. The fourth-order valence-electron chi connectivity index (χ4n) is 8.19. The highest BCUT2D eigenvalue weighted by molar-refractivity contribution is 8.76. The van der Waals surface area contributed by atoms with Crippen molar-refractivity contribution in [3.8, 4) is 5.75 Å². The summed E-state index contributed by atoms with van der Waals surface area (Å²) in [7, 11) is 3.76. The van der Waals surface area contributed by atoms with Gasteiger partial charge in [-0.15, -0.1) is 0 Å². The molecular weight excluding hydrogens is 691 g/mol. The molecule has 0 aromatic heterocycles. The van der Waals surface area contributed by atoms with E-state index in [1.54, 1.807) is 0 Å². The lowest BCUT2D eigenvalue weighted by molar-refractivity contribution is -0.457. The van der Waals surface area contributed by atoms with Crippen molar-refractivity contribution in [2.24, 2.45) is 17.3 Å². The second kappa shape index (κ2) is 16.6. The first-order chi connectivity index (χ1) is 22.6. The molecule has 2 saturated carbocycles. The monoisotopic (exact) mass is 738 g/mol. The van der Waals surface area contributed by atoms with Gasteiger partial charge in [0.2, 0.25) is 0 Å². The molecule has 0 spiro atoms. The Hall–Kier alpha value is -0.990. The van der Waals surface area contributed by atoms with Gasteiger partial charge >= 0.3 is 24.1 Å². The Kier molecular flexibility index (Phi) is 13.7. The van der Waals surface area contributed by atoms with Gasteiger partial charge < -0.3 is 14.2 Å². The average Bonchev–Trinajstić information content (AvgIpc) is 3.33. The van der Waals surface area contributed by atoms with Gasteiger partial charge in [-0.05, 0) is 97.8 Å². The summed E-state index contributed by atoms with van der Waals surface area (Å²) in [6.45, 7) is 3.29. The number of rotatable bonds is 17. The van der Waals surface area contributed by atoms with Crippen LogP contribution in [0.1, 0.15) is 102 Å². The molecule has 48 heavy (non-hydrogen) atoms. The number of alkyl halides is 9. The first kappa shape index (κ1) is 39.8. The number of fused-ring (bicyclic) bond motifs is 5. The van der Waals surface area contributed by atoms with Crippen LogP contribution in [-0.4, -0.2) is 61.6 Å². The summed E-state index contributed by atoms with van der Waals surface area (Å²) in [5.41, 5.74) is -3.82. The Morgan fingerprint density at radius 1 is 0.771 bits per heavy atom. The second-order valence-electron chi connectivity index (χ2n) is 13.5. The van der Waals surface area contributed by atoms with Crippen LogP contribution in [0.4, 0.5) is 39.5 Å². The normalized spacial score (nSPS) is 26.2. The van der Waals surface area contributed by atoms with Crippen molar-refractivity contribution in [3.05, 3.63) is 29.3 Å². The number of hydrogen-bond donors (Lipinski definition) is 0. The van der Waals surface area contributed by atoms with Crippen LogP contribution < -0.4 is 4.74 Å². The van der Waals surface area contributed by atoms with E-state index in [1.165, 1.54) is 49.0 Å². The Labute approximate surface area is 285 Å². The van der Waals surface area contributed by atoms with Gasteiger partial charge in [0, 0.05) is 18.1 Å². The summed E-state index contributed by atoms with van der Waals surface area (Å²) < 4.78 is 134. The number of ether oxygens (including phenoxy) is 3. The molecule has 5 atom stereocenters. The van der Waals surface area contributed by atoms with Gasteiger partial charge in [0.25, 0.3) is 0 Å². The Morgan fingerprint density at radius 2 is 1.46 bits per heavy atom. The van der Waals surface area contributed by atoms with Gasteiger partial charge in [0.1, 0.15) is 5.75 Å². The smallest absolute Gasteiger partial charge is 0.435 e. The van der Waals surface area contributed by atoms with Gasteiger partial charge in [-0.1, -0.05) is 67.2 Å². The minimum absolute atomic E-state index is 0.235. The van der Waals surface area contributed by atoms with E-state index in [1.807, 2.05) is 27.7 Å². The van der Waals surface area contributed by atoms with E-state index in [2.05, 4.69) is 30.7 Å². The van der Waals surface area contributed by atoms with Crippen LogP contribution in [0.3, 0.4) is 0 Å². The minimum atomic E-state index is -6.73. The molecule has 2 fully saturated rings. The molecule has 276 valence electrons. The van der Waals surface area contributed by atoms with E-state index in [4.69, 9.17) is 9.47 Å². The molecule has 0 aliphatic heterocycles. The Bertz CT molecular complexity index is 1120. The zero-order chi connectivity index (χ0) is 35.2. The van der Waals surface area contributed by atoms with Crippen LogP contribution in [-0.2, 0) is 15.9 Å². The van der Waals surface area contributed by atoms with Crippen LogP contribution in [0.2, 0.25) is 0 Å². The summed E-state index contributed by atoms with van der Waals surface area (Å²) in [5, 5.41) is 0. The fourth-order valence-corrected chi connectivity index (χ4v) is 10.2. The first-order valence-corrected chi connectivity index (χ1v) is 19.5. The molecule has 0 radical (unpaired) electrons. The van der Waals surface area contributed by atoms with E-state index in [-0.39, 0.29) is 18.1 Å². The Balaban J connectivity index is 1.24. The lowest BCUT2D eigenvalue weighted by Crippen LogP contribution is -2.67. The standard InChI is InChI=1S/C34H47F9O3S2/c1-3-4-5-6-7-20-47-48-21-19-44-24-10-12-25-23(22-24)9-11-27-26(25)15-16-30(2)28(27)13-14-29(30)45-17-8-18-46-31(32(35,36)37,33(38,39)40)34(41,42)43/h10,12,22,26-29H,3-9,11,13-21H2,1-2H3. The highest BCUT2D eigenvalue weighted by atomic mass is 33.1. The van der Waals surface area contributed by atoms with Gasteiger partial charge in [-0.25, -0.2) is 0 Å². The SMILES string of the molecule is CCCCCCCSSCCOc1ccc2c(c1)CCC1C2CCC2(C)C(OCCCOC(C(F)(F)F)(C(F)(F)F)C(F)(F)F)CCC12. The predicted molar refractivity (Wildman–Crippen MR) is 171 cm³/mol. The van der Waals surface area contributed by atoms with E-state index >= 15 is 0 Å². The number of benzene rings is 1. The van der Waals surface area contributed by atoms with Crippen LogP contribution in [0.15, 0.2) is 18.2 Å². The van der Waals surface area contributed by atoms with Crippen molar-refractivity contribution in [1.82, 2.24) is 0 Å². The molecular formula is C34H47F9O3S2. The molecule has 1 aromatic carbocycles. The second-order valence-corrected chi connectivity index (χ2v) is 16.2. The highest BCUT2D eigenvalue weighted by Crippen LogP contribution is 2.62. The van der Waals surface area contributed by atoms with Crippen molar-refractivity contribution in [1.29, 1.82) is 0 Å². The molecule has 0 heterocycles. The summed E-state index contributed by atoms with van der Waals surface area (Å²) in [4.78, 5) is 0.